The summed E-state index contributed by atoms with van der Waals surface area (Å²) >= 11 is 7.22. The molecule has 1 atom stereocenters. The van der Waals surface area contributed by atoms with E-state index in [4.69, 9.17) is 11.6 Å². The summed E-state index contributed by atoms with van der Waals surface area (Å²) < 4.78 is 1.82. The van der Waals surface area contributed by atoms with Gasteiger partial charge in [-0.25, -0.2) is 0 Å². The highest BCUT2D eigenvalue weighted by Crippen LogP contribution is 2.25. The first-order valence-electron chi connectivity index (χ1n) is 10.6. The van der Waals surface area contributed by atoms with Crippen LogP contribution in [0.2, 0.25) is 5.02 Å². The lowest BCUT2D eigenvalue weighted by molar-refractivity contribution is -0.113. The van der Waals surface area contributed by atoms with Gasteiger partial charge in [-0.15, -0.1) is 10.2 Å². The zero-order chi connectivity index (χ0) is 24.1. The van der Waals surface area contributed by atoms with E-state index in [1.165, 1.54) is 11.8 Å². The molecule has 0 spiro atoms. The predicted molar refractivity (Wildman–Crippen MR) is 133 cm³/mol. The SMILES string of the molecule is Cc1ccc(NC(=O)CSc2nnc([C@@H](NC(=O)c3ccc(Cl)cc3)C(C)C)n2C)c(C)c1. The Balaban J connectivity index is 1.66. The summed E-state index contributed by atoms with van der Waals surface area (Å²) in [5, 5.41) is 15.7. The summed E-state index contributed by atoms with van der Waals surface area (Å²) in [6, 6.07) is 12.3. The van der Waals surface area contributed by atoms with Crippen molar-refractivity contribution in [2.75, 3.05) is 11.1 Å². The number of hydrogen-bond acceptors (Lipinski definition) is 5. The minimum Gasteiger partial charge on any atom is -0.342 e. The van der Waals surface area contributed by atoms with Gasteiger partial charge in [0.25, 0.3) is 5.91 Å². The van der Waals surface area contributed by atoms with E-state index in [1.54, 1.807) is 24.3 Å². The molecule has 0 radical (unpaired) electrons. The lowest BCUT2D eigenvalue weighted by atomic mass is 10.0. The normalized spacial score (nSPS) is 12.0. The van der Waals surface area contributed by atoms with Crippen LogP contribution in [-0.2, 0) is 11.8 Å². The molecular formula is C24H28ClN5O2S. The number of nitrogens with one attached hydrogen (secondary N) is 2. The number of amides is 2. The largest absolute Gasteiger partial charge is 0.342 e. The average Bonchev–Trinajstić information content (AvgIpc) is 3.12. The monoisotopic (exact) mass is 485 g/mol. The molecular weight excluding hydrogens is 458 g/mol. The molecule has 0 aliphatic heterocycles. The standard InChI is InChI=1S/C24H28ClN5O2S/c1-14(2)21(27-23(32)17-7-9-18(25)10-8-17)22-28-29-24(30(22)5)33-13-20(31)26-19-11-6-15(3)12-16(19)4/h6-12,14,21H,13H2,1-5H3,(H,26,31)(H,27,32)/t21-/m0/s1. The van der Waals surface area contributed by atoms with Gasteiger partial charge in [-0.3, -0.25) is 9.59 Å². The number of carbonyl (C=O) groups is 2. The average molecular weight is 486 g/mol. The number of rotatable bonds is 8. The van der Waals surface area contributed by atoms with Crippen LogP contribution in [0.3, 0.4) is 0 Å². The maximum absolute atomic E-state index is 12.7. The van der Waals surface area contributed by atoms with E-state index in [0.717, 1.165) is 16.8 Å². The van der Waals surface area contributed by atoms with Gasteiger partial charge < -0.3 is 15.2 Å². The number of aromatic nitrogens is 3. The van der Waals surface area contributed by atoms with E-state index in [-0.39, 0.29) is 29.5 Å². The smallest absolute Gasteiger partial charge is 0.251 e. The summed E-state index contributed by atoms with van der Waals surface area (Å²) in [4.78, 5) is 25.2. The van der Waals surface area contributed by atoms with Crippen LogP contribution in [0.25, 0.3) is 0 Å². The van der Waals surface area contributed by atoms with E-state index in [9.17, 15) is 9.59 Å². The van der Waals surface area contributed by atoms with Crippen molar-refractivity contribution in [2.24, 2.45) is 13.0 Å². The van der Waals surface area contributed by atoms with Crippen molar-refractivity contribution in [2.45, 2.75) is 38.9 Å². The zero-order valence-corrected chi connectivity index (χ0v) is 20.9. The number of nitrogens with zero attached hydrogens (tertiary/aromatic N) is 3. The summed E-state index contributed by atoms with van der Waals surface area (Å²) in [6.07, 6.45) is 0. The molecule has 2 N–H and O–H groups in total. The Bertz CT molecular complexity index is 1140. The van der Waals surface area contributed by atoms with Gasteiger partial charge in [0.1, 0.15) is 0 Å². The highest BCUT2D eigenvalue weighted by atomic mass is 35.5. The van der Waals surface area contributed by atoms with Crippen LogP contribution in [0.4, 0.5) is 5.69 Å². The van der Waals surface area contributed by atoms with Crippen LogP contribution in [0, 0.1) is 19.8 Å². The minimum atomic E-state index is -0.343. The molecule has 3 rings (SSSR count). The van der Waals surface area contributed by atoms with Crippen molar-refractivity contribution in [3.8, 4) is 0 Å². The molecule has 2 aromatic carbocycles. The van der Waals surface area contributed by atoms with Gasteiger partial charge in [0, 0.05) is 23.3 Å². The first kappa shape index (κ1) is 24.8. The van der Waals surface area contributed by atoms with E-state index < -0.39 is 0 Å². The van der Waals surface area contributed by atoms with Gasteiger partial charge in [0.2, 0.25) is 5.91 Å². The quantitative estimate of drug-likeness (QED) is 0.441. The summed E-state index contributed by atoms with van der Waals surface area (Å²) in [5.41, 5.74) is 3.49. The van der Waals surface area contributed by atoms with Gasteiger partial charge in [-0.2, -0.15) is 0 Å². The molecule has 0 fully saturated rings. The van der Waals surface area contributed by atoms with Gasteiger partial charge in [0.05, 0.1) is 11.8 Å². The molecule has 174 valence electrons. The van der Waals surface area contributed by atoms with Crippen molar-refractivity contribution in [3.05, 3.63) is 70.0 Å². The third-order valence-electron chi connectivity index (χ3n) is 5.19. The number of benzene rings is 2. The predicted octanol–water partition coefficient (Wildman–Crippen LogP) is 4.94. The number of carbonyl (C=O) groups excluding carboxylic acids is 2. The summed E-state index contributed by atoms with van der Waals surface area (Å²) in [5.74, 6) is 0.575. The summed E-state index contributed by atoms with van der Waals surface area (Å²) in [7, 11) is 1.84. The van der Waals surface area contributed by atoms with Crippen LogP contribution in [0.1, 0.15) is 47.2 Å². The molecule has 33 heavy (non-hydrogen) atoms. The second kappa shape index (κ2) is 10.9. The molecule has 1 aromatic heterocycles. The molecule has 1 heterocycles. The highest BCUT2D eigenvalue weighted by molar-refractivity contribution is 7.99. The Morgan fingerprint density at radius 3 is 2.42 bits per heavy atom. The Morgan fingerprint density at radius 1 is 1.09 bits per heavy atom. The number of anilines is 1. The van der Waals surface area contributed by atoms with Crippen molar-refractivity contribution in [1.29, 1.82) is 0 Å². The molecule has 0 saturated carbocycles. The highest BCUT2D eigenvalue weighted by Gasteiger charge is 2.25. The van der Waals surface area contributed by atoms with Crippen molar-refractivity contribution in [3.63, 3.8) is 0 Å². The third kappa shape index (κ3) is 6.36. The fourth-order valence-corrected chi connectivity index (χ4v) is 4.19. The van der Waals surface area contributed by atoms with Crippen LogP contribution < -0.4 is 10.6 Å². The lowest BCUT2D eigenvalue weighted by Crippen LogP contribution is -2.33. The molecule has 2 amide bonds. The fourth-order valence-electron chi connectivity index (χ4n) is 3.35. The molecule has 3 aromatic rings. The fraction of sp³-hybridized carbons (Fsp3) is 0.333. The molecule has 0 aliphatic rings. The second-order valence-electron chi connectivity index (χ2n) is 8.26. The van der Waals surface area contributed by atoms with Crippen LogP contribution in [0.5, 0.6) is 0 Å². The Labute approximate surface area is 203 Å². The molecule has 0 aliphatic carbocycles. The second-order valence-corrected chi connectivity index (χ2v) is 9.64. The molecule has 0 saturated heterocycles. The van der Waals surface area contributed by atoms with E-state index in [0.29, 0.717) is 21.6 Å². The van der Waals surface area contributed by atoms with E-state index in [1.807, 2.05) is 57.5 Å². The topological polar surface area (TPSA) is 88.9 Å². The third-order valence-corrected chi connectivity index (χ3v) is 6.47. The first-order chi connectivity index (χ1) is 15.7. The molecule has 0 bridgehead atoms. The number of halogens is 1. The number of thioether (sulfide) groups is 1. The maximum Gasteiger partial charge on any atom is 0.251 e. The molecule has 7 nitrogen and oxygen atoms in total. The molecule has 9 heteroatoms. The van der Waals surface area contributed by atoms with Gasteiger partial charge in [0.15, 0.2) is 11.0 Å². The minimum absolute atomic E-state index is 0.0785. The van der Waals surface area contributed by atoms with Crippen LogP contribution in [-0.4, -0.2) is 32.3 Å². The van der Waals surface area contributed by atoms with Crippen molar-refractivity contribution < 1.29 is 9.59 Å². The van der Waals surface area contributed by atoms with E-state index in [2.05, 4.69) is 20.8 Å². The van der Waals surface area contributed by atoms with Crippen LogP contribution in [0.15, 0.2) is 47.6 Å². The van der Waals surface area contributed by atoms with Crippen molar-refractivity contribution in [1.82, 2.24) is 20.1 Å². The lowest BCUT2D eigenvalue weighted by Gasteiger charge is -2.21. The Kier molecular flexibility index (Phi) is 8.15. The van der Waals surface area contributed by atoms with Gasteiger partial charge >= 0.3 is 0 Å². The Morgan fingerprint density at radius 2 is 1.79 bits per heavy atom. The zero-order valence-electron chi connectivity index (χ0n) is 19.3. The number of hydrogen-bond donors (Lipinski definition) is 2. The molecule has 0 unspecified atom stereocenters. The van der Waals surface area contributed by atoms with Crippen molar-refractivity contribution >= 4 is 40.9 Å². The Hall–Kier alpha value is -2.84. The van der Waals surface area contributed by atoms with Gasteiger partial charge in [-0.1, -0.05) is 54.9 Å². The summed E-state index contributed by atoms with van der Waals surface area (Å²) in [6.45, 7) is 7.99. The first-order valence-corrected chi connectivity index (χ1v) is 12.0. The van der Waals surface area contributed by atoms with E-state index >= 15 is 0 Å². The maximum atomic E-state index is 12.7. The van der Waals surface area contributed by atoms with Gasteiger partial charge in [-0.05, 0) is 55.7 Å². The number of aryl methyl sites for hydroxylation is 2. The van der Waals surface area contributed by atoms with Crippen LogP contribution >= 0.6 is 23.4 Å².